The lowest BCUT2D eigenvalue weighted by atomic mass is 10.2. The summed E-state index contributed by atoms with van der Waals surface area (Å²) in [5.74, 6) is -1.03. The first-order chi connectivity index (χ1) is 9.97. The van der Waals surface area contributed by atoms with Crippen LogP contribution in [0.1, 0.15) is 24.2 Å². The SMILES string of the molecule is CCN(CC)CCNC(=O)Nc1cc(C(=O)O)ccc1Br. The van der Waals surface area contributed by atoms with Gasteiger partial charge in [-0.15, -0.1) is 0 Å². The smallest absolute Gasteiger partial charge is 0.335 e. The Morgan fingerprint density at radius 1 is 1.29 bits per heavy atom. The lowest BCUT2D eigenvalue weighted by Crippen LogP contribution is -2.37. The minimum absolute atomic E-state index is 0.122. The number of rotatable bonds is 7. The van der Waals surface area contributed by atoms with Gasteiger partial charge in [-0.1, -0.05) is 13.8 Å². The van der Waals surface area contributed by atoms with E-state index in [0.717, 1.165) is 19.6 Å². The average molecular weight is 358 g/mol. The van der Waals surface area contributed by atoms with E-state index in [4.69, 9.17) is 5.11 Å². The number of anilines is 1. The number of nitrogens with one attached hydrogen (secondary N) is 2. The molecule has 6 nitrogen and oxygen atoms in total. The molecule has 116 valence electrons. The molecule has 0 aromatic heterocycles. The molecule has 0 bridgehead atoms. The van der Waals surface area contributed by atoms with Crippen LogP contribution in [0.3, 0.4) is 0 Å². The Labute approximate surface area is 132 Å². The molecule has 0 aliphatic carbocycles. The summed E-state index contributed by atoms with van der Waals surface area (Å²) in [5, 5.41) is 14.3. The fourth-order valence-electron chi connectivity index (χ4n) is 1.79. The minimum atomic E-state index is -1.03. The van der Waals surface area contributed by atoms with E-state index in [1.807, 2.05) is 0 Å². The minimum Gasteiger partial charge on any atom is -0.478 e. The molecule has 0 saturated carbocycles. The third-order valence-electron chi connectivity index (χ3n) is 3.07. The monoisotopic (exact) mass is 357 g/mol. The molecular formula is C14H20BrN3O3. The number of carboxylic acid groups (broad SMARTS) is 1. The molecule has 0 aliphatic rings. The number of amides is 2. The van der Waals surface area contributed by atoms with E-state index < -0.39 is 5.97 Å². The second-order valence-corrected chi connectivity index (χ2v) is 5.26. The molecule has 1 aromatic carbocycles. The van der Waals surface area contributed by atoms with Gasteiger partial charge in [0.2, 0.25) is 0 Å². The number of nitrogens with zero attached hydrogens (tertiary/aromatic N) is 1. The zero-order chi connectivity index (χ0) is 15.8. The van der Waals surface area contributed by atoms with E-state index >= 15 is 0 Å². The molecule has 0 saturated heterocycles. The van der Waals surface area contributed by atoms with Crippen LogP contribution in [-0.4, -0.2) is 48.2 Å². The van der Waals surface area contributed by atoms with Crippen LogP contribution in [0.15, 0.2) is 22.7 Å². The van der Waals surface area contributed by atoms with Crippen molar-refractivity contribution in [3.63, 3.8) is 0 Å². The van der Waals surface area contributed by atoms with Crippen LogP contribution in [-0.2, 0) is 0 Å². The summed E-state index contributed by atoms with van der Waals surface area (Å²) < 4.78 is 0.631. The molecule has 7 heteroatoms. The predicted octanol–water partition coefficient (Wildman–Crippen LogP) is 2.61. The molecule has 0 radical (unpaired) electrons. The van der Waals surface area contributed by atoms with Gasteiger partial charge in [0.1, 0.15) is 0 Å². The summed E-state index contributed by atoms with van der Waals surface area (Å²) >= 11 is 3.28. The number of benzene rings is 1. The van der Waals surface area contributed by atoms with Crippen LogP contribution >= 0.6 is 15.9 Å². The summed E-state index contributed by atoms with van der Waals surface area (Å²) in [4.78, 5) is 24.9. The second kappa shape index (κ2) is 8.63. The van der Waals surface area contributed by atoms with Gasteiger partial charge in [-0.05, 0) is 47.2 Å². The second-order valence-electron chi connectivity index (χ2n) is 4.41. The maximum Gasteiger partial charge on any atom is 0.335 e. The summed E-state index contributed by atoms with van der Waals surface area (Å²) in [6.45, 7) is 7.31. The maximum absolute atomic E-state index is 11.8. The van der Waals surface area contributed by atoms with Gasteiger partial charge in [-0.25, -0.2) is 9.59 Å². The molecule has 0 aliphatic heterocycles. The highest BCUT2D eigenvalue weighted by atomic mass is 79.9. The van der Waals surface area contributed by atoms with Crippen molar-refractivity contribution >= 4 is 33.6 Å². The Kier molecular flexibility index (Phi) is 7.18. The number of carbonyl (C=O) groups is 2. The first-order valence-corrected chi connectivity index (χ1v) is 7.57. The van der Waals surface area contributed by atoms with Crippen molar-refractivity contribution in [3.8, 4) is 0 Å². The molecule has 0 spiro atoms. The number of hydrogen-bond donors (Lipinski definition) is 3. The Morgan fingerprint density at radius 3 is 2.52 bits per heavy atom. The third-order valence-corrected chi connectivity index (χ3v) is 3.76. The van der Waals surface area contributed by atoms with Crippen molar-refractivity contribution < 1.29 is 14.7 Å². The van der Waals surface area contributed by atoms with Gasteiger partial charge >= 0.3 is 12.0 Å². The van der Waals surface area contributed by atoms with Crippen LogP contribution in [0, 0.1) is 0 Å². The number of halogens is 1. The first-order valence-electron chi connectivity index (χ1n) is 6.78. The summed E-state index contributed by atoms with van der Waals surface area (Å²) in [5.41, 5.74) is 0.548. The molecule has 1 rings (SSSR count). The Hall–Kier alpha value is -1.60. The van der Waals surface area contributed by atoms with E-state index in [0.29, 0.717) is 16.7 Å². The standard InChI is InChI=1S/C14H20BrN3O3/c1-3-18(4-2)8-7-16-14(21)17-12-9-10(13(19)20)5-6-11(12)15/h5-6,9H,3-4,7-8H2,1-2H3,(H,19,20)(H2,16,17,21). The van der Waals surface area contributed by atoms with E-state index in [-0.39, 0.29) is 11.6 Å². The Balaban J connectivity index is 2.55. The van der Waals surface area contributed by atoms with Crippen molar-refractivity contribution in [2.24, 2.45) is 0 Å². The van der Waals surface area contributed by atoms with Crippen LogP contribution in [0.5, 0.6) is 0 Å². The third kappa shape index (κ3) is 5.73. The van der Waals surface area contributed by atoms with E-state index in [1.54, 1.807) is 6.07 Å². The molecule has 0 heterocycles. The zero-order valence-electron chi connectivity index (χ0n) is 12.1. The molecule has 2 amide bonds. The first kappa shape index (κ1) is 17.5. The highest BCUT2D eigenvalue weighted by molar-refractivity contribution is 9.10. The highest BCUT2D eigenvalue weighted by Crippen LogP contribution is 2.23. The number of aromatic carboxylic acids is 1. The van der Waals surface area contributed by atoms with E-state index in [9.17, 15) is 9.59 Å². The number of urea groups is 1. The van der Waals surface area contributed by atoms with Gasteiger partial charge < -0.3 is 20.6 Å². The topological polar surface area (TPSA) is 81.7 Å². The number of carboxylic acids is 1. The lowest BCUT2D eigenvalue weighted by Gasteiger charge is -2.18. The van der Waals surface area contributed by atoms with E-state index in [2.05, 4.69) is 45.3 Å². The van der Waals surface area contributed by atoms with Crippen molar-refractivity contribution in [1.82, 2.24) is 10.2 Å². The van der Waals surface area contributed by atoms with Crippen molar-refractivity contribution in [1.29, 1.82) is 0 Å². The van der Waals surface area contributed by atoms with Gasteiger partial charge in [0.05, 0.1) is 11.3 Å². The summed E-state index contributed by atoms with van der Waals surface area (Å²) in [6.07, 6.45) is 0. The van der Waals surface area contributed by atoms with E-state index in [1.165, 1.54) is 12.1 Å². The molecule has 0 atom stereocenters. The molecular weight excluding hydrogens is 338 g/mol. The lowest BCUT2D eigenvalue weighted by molar-refractivity contribution is 0.0697. The zero-order valence-corrected chi connectivity index (χ0v) is 13.7. The largest absolute Gasteiger partial charge is 0.478 e. The molecule has 0 unspecified atom stereocenters. The molecule has 21 heavy (non-hydrogen) atoms. The van der Waals surface area contributed by atoms with Crippen molar-refractivity contribution in [2.45, 2.75) is 13.8 Å². The predicted molar refractivity (Wildman–Crippen MR) is 85.9 cm³/mol. The number of hydrogen-bond acceptors (Lipinski definition) is 3. The van der Waals surface area contributed by atoms with Crippen molar-refractivity contribution in [3.05, 3.63) is 28.2 Å². The van der Waals surface area contributed by atoms with Gasteiger partial charge in [-0.2, -0.15) is 0 Å². The Morgan fingerprint density at radius 2 is 1.95 bits per heavy atom. The fraction of sp³-hybridized carbons (Fsp3) is 0.429. The molecule has 0 fully saturated rings. The van der Waals surface area contributed by atoms with Crippen LogP contribution in [0.2, 0.25) is 0 Å². The summed E-state index contributed by atoms with van der Waals surface area (Å²) in [7, 11) is 0. The van der Waals surface area contributed by atoms with Crippen LogP contribution in [0.4, 0.5) is 10.5 Å². The van der Waals surface area contributed by atoms with Gasteiger partial charge in [0, 0.05) is 17.6 Å². The maximum atomic E-state index is 11.8. The van der Waals surface area contributed by atoms with Crippen molar-refractivity contribution in [2.75, 3.05) is 31.5 Å². The highest BCUT2D eigenvalue weighted by Gasteiger charge is 2.09. The molecule has 1 aromatic rings. The van der Waals surface area contributed by atoms with Crippen LogP contribution < -0.4 is 10.6 Å². The quantitative estimate of drug-likeness (QED) is 0.700. The Bertz CT molecular complexity index is 504. The summed E-state index contributed by atoms with van der Waals surface area (Å²) in [6, 6.07) is 4.12. The average Bonchev–Trinajstić information content (AvgIpc) is 2.45. The van der Waals surface area contributed by atoms with Gasteiger partial charge in [0.15, 0.2) is 0 Å². The van der Waals surface area contributed by atoms with Crippen LogP contribution in [0.25, 0.3) is 0 Å². The number of carbonyl (C=O) groups excluding carboxylic acids is 1. The van der Waals surface area contributed by atoms with Gasteiger partial charge in [-0.3, -0.25) is 0 Å². The normalized spacial score (nSPS) is 10.5. The number of likely N-dealkylation sites (N-methyl/N-ethyl adjacent to an activating group) is 1. The van der Waals surface area contributed by atoms with Gasteiger partial charge in [0.25, 0.3) is 0 Å². The molecule has 3 N–H and O–H groups in total. The fourth-order valence-corrected chi connectivity index (χ4v) is 2.13.